The number of furan rings is 1. The average Bonchev–Trinajstić information content (AvgIpc) is 3.41. The summed E-state index contributed by atoms with van der Waals surface area (Å²) < 4.78 is 5.11. The molecule has 0 spiro atoms. The normalized spacial score (nSPS) is 10.4. The van der Waals surface area contributed by atoms with E-state index in [2.05, 4.69) is 20.9 Å². The Morgan fingerprint density at radius 1 is 1.00 bits per heavy atom. The summed E-state index contributed by atoms with van der Waals surface area (Å²) in [5.74, 6) is -0.156. The van der Waals surface area contributed by atoms with Gasteiger partial charge in [-0.15, -0.1) is 22.7 Å². The topological polar surface area (TPSA) is 113 Å². The van der Waals surface area contributed by atoms with Gasteiger partial charge in [-0.05, 0) is 23.6 Å². The number of nitrogens with zero attached hydrogens (tertiary/aromatic N) is 1. The Morgan fingerprint density at radius 3 is 2.64 bits per heavy atom. The molecular formula is C18H18N4O4S2. The Morgan fingerprint density at radius 2 is 1.89 bits per heavy atom. The highest BCUT2D eigenvalue weighted by atomic mass is 32.1. The number of thiazole rings is 1. The van der Waals surface area contributed by atoms with Crippen LogP contribution in [0.25, 0.3) is 0 Å². The number of carbonyl (C=O) groups is 3. The van der Waals surface area contributed by atoms with Crippen LogP contribution in [-0.4, -0.2) is 29.3 Å². The van der Waals surface area contributed by atoms with Gasteiger partial charge in [0.05, 0.1) is 37.9 Å². The second-order valence-electron chi connectivity index (χ2n) is 5.76. The van der Waals surface area contributed by atoms with Gasteiger partial charge in [0.1, 0.15) is 5.76 Å². The van der Waals surface area contributed by atoms with E-state index in [0.717, 1.165) is 4.88 Å². The Kier molecular flexibility index (Phi) is 6.93. The molecule has 0 fully saturated rings. The lowest BCUT2D eigenvalue weighted by atomic mass is 10.3. The number of aromatic nitrogens is 1. The number of hydrogen-bond acceptors (Lipinski definition) is 7. The van der Waals surface area contributed by atoms with Crippen LogP contribution in [0, 0.1) is 0 Å². The van der Waals surface area contributed by atoms with Crippen molar-refractivity contribution in [3.8, 4) is 0 Å². The molecule has 0 aliphatic heterocycles. The second-order valence-corrected chi connectivity index (χ2v) is 7.65. The standard InChI is InChI=1S/C18H18N4O4S2/c23-15(20-10-17(25)19-9-13-3-1-5-26-13)7-12-11-28-18(21-12)22-16(24)8-14-4-2-6-27-14/h1-6,11H,7-10H2,(H,19,25)(H,20,23)(H,21,22,24). The highest BCUT2D eigenvalue weighted by Crippen LogP contribution is 2.17. The second kappa shape index (κ2) is 9.81. The SMILES string of the molecule is O=C(CNC(=O)Cc1csc(NC(=O)Cc2cccs2)n1)NCc1ccco1. The molecule has 3 amide bonds. The van der Waals surface area contributed by atoms with E-state index in [-0.39, 0.29) is 37.2 Å². The van der Waals surface area contributed by atoms with E-state index in [9.17, 15) is 14.4 Å². The van der Waals surface area contributed by atoms with Gasteiger partial charge in [-0.1, -0.05) is 6.07 Å². The molecule has 3 aromatic rings. The smallest absolute Gasteiger partial charge is 0.239 e. The molecule has 3 rings (SSSR count). The number of nitrogens with one attached hydrogen (secondary N) is 3. The van der Waals surface area contributed by atoms with Crippen molar-refractivity contribution in [2.24, 2.45) is 0 Å². The number of anilines is 1. The summed E-state index contributed by atoms with van der Waals surface area (Å²) in [4.78, 5) is 40.9. The molecule has 0 saturated heterocycles. The van der Waals surface area contributed by atoms with Gasteiger partial charge in [0.15, 0.2) is 5.13 Å². The highest BCUT2D eigenvalue weighted by Gasteiger charge is 2.12. The Hall–Kier alpha value is -2.98. The zero-order chi connectivity index (χ0) is 19.8. The summed E-state index contributed by atoms with van der Waals surface area (Å²) >= 11 is 2.77. The summed E-state index contributed by atoms with van der Waals surface area (Å²) in [6.07, 6.45) is 1.85. The van der Waals surface area contributed by atoms with E-state index in [1.165, 1.54) is 28.9 Å². The predicted octanol–water partition coefficient (Wildman–Crippen LogP) is 1.95. The molecule has 28 heavy (non-hydrogen) atoms. The van der Waals surface area contributed by atoms with Crippen molar-refractivity contribution in [3.05, 3.63) is 57.6 Å². The quantitative estimate of drug-likeness (QED) is 0.492. The minimum Gasteiger partial charge on any atom is -0.467 e. The van der Waals surface area contributed by atoms with Crippen molar-refractivity contribution in [1.29, 1.82) is 0 Å². The minimum atomic E-state index is -0.324. The van der Waals surface area contributed by atoms with Crippen molar-refractivity contribution in [3.63, 3.8) is 0 Å². The van der Waals surface area contributed by atoms with Crippen LogP contribution in [0.2, 0.25) is 0 Å². The first kappa shape index (κ1) is 19.8. The predicted molar refractivity (Wildman–Crippen MR) is 106 cm³/mol. The summed E-state index contributed by atoms with van der Waals surface area (Å²) in [6.45, 7) is 0.135. The van der Waals surface area contributed by atoms with Crippen LogP contribution in [0.1, 0.15) is 16.3 Å². The lowest BCUT2D eigenvalue weighted by molar-refractivity contribution is -0.125. The molecule has 0 saturated carbocycles. The Bertz CT molecular complexity index is 919. The number of amides is 3. The first-order valence-corrected chi connectivity index (χ1v) is 10.2. The van der Waals surface area contributed by atoms with Gasteiger partial charge in [-0.25, -0.2) is 4.98 Å². The van der Waals surface area contributed by atoms with Crippen LogP contribution in [0.15, 0.2) is 45.7 Å². The van der Waals surface area contributed by atoms with Gasteiger partial charge in [0.2, 0.25) is 17.7 Å². The zero-order valence-corrected chi connectivity index (χ0v) is 16.4. The van der Waals surface area contributed by atoms with Crippen LogP contribution < -0.4 is 16.0 Å². The largest absolute Gasteiger partial charge is 0.467 e. The number of thiophene rings is 1. The van der Waals surface area contributed by atoms with E-state index in [0.29, 0.717) is 23.0 Å². The fourth-order valence-corrected chi connectivity index (χ4v) is 3.68. The molecule has 0 aromatic carbocycles. The van der Waals surface area contributed by atoms with Gasteiger partial charge in [0, 0.05) is 10.3 Å². The van der Waals surface area contributed by atoms with E-state index < -0.39 is 0 Å². The summed E-state index contributed by atoms with van der Waals surface area (Å²) in [5.41, 5.74) is 0.532. The van der Waals surface area contributed by atoms with Crippen LogP contribution >= 0.6 is 22.7 Å². The Labute approximate surface area is 169 Å². The van der Waals surface area contributed by atoms with Crippen LogP contribution in [0.4, 0.5) is 5.13 Å². The fraction of sp³-hybridized carbons (Fsp3) is 0.222. The maximum Gasteiger partial charge on any atom is 0.239 e. The maximum absolute atomic E-state index is 12.0. The molecule has 3 heterocycles. The van der Waals surface area contributed by atoms with Gasteiger partial charge >= 0.3 is 0 Å². The van der Waals surface area contributed by atoms with Gasteiger partial charge < -0.3 is 20.4 Å². The van der Waals surface area contributed by atoms with Gasteiger partial charge in [-0.3, -0.25) is 14.4 Å². The molecule has 10 heteroatoms. The van der Waals surface area contributed by atoms with Crippen molar-refractivity contribution in [2.75, 3.05) is 11.9 Å². The maximum atomic E-state index is 12.0. The van der Waals surface area contributed by atoms with E-state index >= 15 is 0 Å². The monoisotopic (exact) mass is 418 g/mol. The third-order valence-corrected chi connectivity index (χ3v) is 5.22. The number of rotatable bonds is 9. The molecule has 3 N–H and O–H groups in total. The van der Waals surface area contributed by atoms with Crippen molar-refractivity contribution < 1.29 is 18.8 Å². The number of hydrogen-bond donors (Lipinski definition) is 3. The molecule has 146 valence electrons. The lowest BCUT2D eigenvalue weighted by Crippen LogP contribution is -2.37. The first-order chi connectivity index (χ1) is 13.6. The molecule has 0 bridgehead atoms. The summed E-state index contributed by atoms with van der Waals surface area (Å²) in [6, 6.07) is 7.27. The zero-order valence-electron chi connectivity index (χ0n) is 14.8. The average molecular weight is 419 g/mol. The summed E-state index contributed by atoms with van der Waals surface area (Å²) in [7, 11) is 0. The van der Waals surface area contributed by atoms with Gasteiger partial charge in [0.25, 0.3) is 0 Å². The van der Waals surface area contributed by atoms with E-state index in [1.54, 1.807) is 17.5 Å². The lowest BCUT2D eigenvalue weighted by Gasteiger charge is -2.05. The van der Waals surface area contributed by atoms with Crippen molar-refractivity contribution in [2.45, 2.75) is 19.4 Å². The van der Waals surface area contributed by atoms with Crippen LogP contribution in [0.3, 0.4) is 0 Å². The molecule has 8 nitrogen and oxygen atoms in total. The first-order valence-electron chi connectivity index (χ1n) is 8.41. The summed E-state index contributed by atoms with van der Waals surface area (Å²) in [5, 5.41) is 12.0. The molecule has 3 aromatic heterocycles. The molecule has 0 radical (unpaired) electrons. The minimum absolute atomic E-state index is 0.0305. The van der Waals surface area contributed by atoms with Crippen molar-refractivity contribution in [1.82, 2.24) is 15.6 Å². The molecule has 0 unspecified atom stereocenters. The molecule has 0 aliphatic carbocycles. The van der Waals surface area contributed by atoms with Crippen LogP contribution in [-0.2, 0) is 33.8 Å². The highest BCUT2D eigenvalue weighted by molar-refractivity contribution is 7.14. The van der Waals surface area contributed by atoms with Crippen molar-refractivity contribution >= 4 is 45.5 Å². The Balaban J connectivity index is 1.37. The van der Waals surface area contributed by atoms with Crippen LogP contribution in [0.5, 0.6) is 0 Å². The molecule has 0 aliphatic rings. The third-order valence-electron chi connectivity index (χ3n) is 3.54. The van der Waals surface area contributed by atoms with E-state index in [4.69, 9.17) is 4.42 Å². The molecule has 0 atom stereocenters. The van der Waals surface area contributed by atoms with E-state index in [1.807, 2.05) is 17.5 Å². The third kappa shape index (κ3) is 6.32. The molecular weight excluding hydrogens is 400 g/mol. The van der Waals surface area contributed by atoms with Gasteiger partial charge in [-0.2, -0.15) is 0 Å². The number of carbonyl (C=O) groups excluding carboxylic acids is 3. The fourth-order valence-electron chi connectivity index (χ4n) is 2.25.